The Morgan fingerprint density at radius 1 is 1.19 bits per heavy atom. The number of carbonyl (C=O) groups is 2. The molecule has 0 bridgehead atoms. The van der Waals surface area contributed by atoms with E-state index in [1.165, 1.54) is 12.2 Å². The predicted molar refractivity (Wildman–Crippen MR) is 110 cm³/mol. The summed E-state index contributed by atoms with van der Waals surface area (Å²) >= 11 is 11.9. The van der Waals surface area contributed by atoms with Crippen molar-refractivity contribution in [3.8, 4) is 0 Å². The van der Waals surface area contributed by atoms with Gasteiger partial charge in [-0.3, -0.25) is 4.79 Å². The molecule has 2 aromatic carbocycles. The van der Waals surface area contributed by atoms with Gasteiger partial charge in [-0.05, 0) is 47.7 Å². The van der Waals surface area contributed by atoms with Crippen LogP contribution in [0.25, 0.3) is 6.08 Å². The van der Waals surface area contributed by atoms with Crippen molar-refractivity contribution in [3.05, 3.63) is 69.2 Å². The maximum absolute atomic E-state index is 12.2. The van der Waals surface area contributed by atoms with Crippen molar-refractivity contribution >= 4 is 46.8 Å². The van der Waals surface area contributed by atoms with Gasteiger partial charge >= 0.3 is 5.97 Å². The van der Waals surface area contributed by atoms with E-state index in [9.17, 15) is 9.59 Å². The number of amides is 1. The Morgan fingerprint density at radius 3 is 2.59 bits per heavy atom. The molecule has 6 heteroatoms. The highest BCUT2D eigenvalue weighted by molar-refractivity contribution is 6.35. The van der Waals surface area contributed by atoms with E-state index >= 15 is 0 Å². The van der Waals surface area contributed by atoms with E-state index in [4.69, 9.17) is 27.9 Å². The van der Waals surface area contributed by atoms with Crippen LogP contribution in [0.5, 0.6) is 0 Å². The lowest BCUT2D eigenvalue weighted by molar-refractivity contribution is -0.142. The maximum atomic E-state index is 12.2. The largest absolute Gasteiger partial charge is 0.452 e. The maximum Gasteiger partial charge on any atom is 0.331 e. The number of benzene rings is 2. The molecule has 0 heterocycles. The van der Waals surface area contributed by atoms with E-state index in [0.29, 0.717) is 15.6 Å². The van der Waals surface area contributed by atoms with Gasteiger partial charge < -0.3 is 10.1 Å². The Morgan fingerprint density at radius 2 is 1.93 bits per heavy atom. The summed E-state index contributed by atoms with van der Waals surface area (Å²) in [6, 6.07) is 10.8. The first-order chi connectivity index (χ1) is 12.8. The molecule has 0 fully saturated rings. The molecular weight excluding hydrogens is 385 g/mol. The van der Waals surface area contributed by atoms with Gasteiger partial charge in [0.25, 0.3) is 5.91 Å². The highest BCUT2D eigenvalue weighted by atomic mass is 35.5. The Bertz CT molecular complexity index is 876. The van der Waals surface area contributed by atoms with Crippen molar-refractivity contribution in [2.45, 2.75) is 26.7 Å². The minimum Gasteiger partial charge on any atom is -0.452 e. The van der Waals surface area contributed by atoms with Crippen LogP contribution >= 0.6 is 23.2 Å². The normalized spacial score (nSPS) is 11.0. The Balaban J connectivity index is 1.94. The quantitative estimate of drug-likeness (QED) is 0.500. The fraction of sp³-hybridized carbons (Fsp3) is 0.238. The minimum atomic E-state index is -0.634. The van der Waals surface area contributed by atoms with E-state index < -0.39 is 11.9 Å². The number of halogens is 2. The standard InChI is InChI=1S/C21H21Cl2NO3/c1-13(2)17-6-4-5-14(3)21(17)24-19(25)12-27-20(26)10-8-15-7-9-16(22)11-18(15)23/h4-11,13H,12H2,1-3H3,(H,24,25)/b10-8+. The predicted octanol–water partition coefficient (Wildman–Crippen LogP) is 5.62. The number of carbonyl (C=O) groups excluding carboxylic acids is 2. The van der Waals surface area contributed by atoms with Crippen molar-refractivity contribution in [2.24, 2.45) is 0 Å². The lowest BCUT2D eigenvalue weighted by Gasteiger charge is -2.16. The minimum absolute atomic E-state index is 0.259. The highest BCUT2D eigenvalue weighted by Gasteiger charge is 2.13. The first-order valence-electron chi connectivity index (χ1n) is 8.47. The number of hydrogen-bond donors (Lipinski definition) is 1. The van der Waals surface area contributed by atoms with Gasteiger partial charge in [-0.2, -0.15) is 0 Å². The second-order valence-corrected chi connectivity index (χ2v) is 7.19. The Kier molecular flexibility index (Phi) is 7.45. The number of nitrogens with one attached hydrogen (secondary N) is 1. The number of anilines is 1. The molecule has 0 aliphatic rings. The van der Waals surface area contributed by atoms with Gasteiger partial charge in [-0.15, -0.1) is 0 Å². The van der Waals surface area contributed by atoms with Crippen molar-refractivity contribution in [1.82, 2.24) is 0 Å². The molecule has 0 aliphatic carbocycles. The molecule has 1 amide bonds. The molecule has 0 aromatic heterocycles. The van der Waals surface area contributed by atoms with Crippen molar-refractivity contribution < 1.29 is 14.3 Å². The first kappa shape index (κ1) is 21.0. The summed E-state index contributed by atoms with van der Waals surface area (Å²) in [5.41, 5.74) is 3.38. The summed E-state index contributed by atoms with van der Waals surface area (Å²) in [6.07, 6.45) is 2.73. The van der Waals surface area contributed by atoms with Gasteiger partial charge in [0.1, 0.15) is 0 Å². The number of ether oxygens (including phenoxy) is 1. The average Bonchev–Trinajstić information content (AvgIpc) is 2.60. The van der Waals surface area contributed by atoms with Crippen LogP contribution < -0.4 is 5.32 Å². The number of hydrogen-bond acceptors (Lipinski definition) is 3. The Labute approximate surface area is 169 Å². The molecule has 0 spiro atoms. The number of rotatable bonds is 6. The SMILES string of the molecule is Cc1cccc(C(C)C)c1NC(=O)COC(=O)/C=C/c1ccc(Cl)cc1Cl. The van der Waals surface area contributed by atoms with Crippen LogP contribution in [0, 0.1) is 6.92 Å². The zero-order valence-corrected chi connectivity index (χ0v) is 16.9. The molecule has 0 atom stereocenters. The molecule has 0 saturated heterocycles. The van der Waals surface area contributed by atoms with Crippen LogP contribution in [0.4, 0.5) is 5.69 Å². The second-order valence-electron chi connectivity index (χ2n) is 6.35. The van der Waals surface area contributed by atoms with Crippen molar-refractivity contribution in [2.75, 3.05) is 11.9 Å². The van der Waals surface area contributed by atoms with Crippen LogP contribution in [-0.2, 0) is 14.3 Å². The van der Waals surface area contributed by atoms with E-state index in [1.807, 2.05) is 25.1 Å². The van der Waals surface area contributed by atoms with Gasteiger partial charge in [0, 0.05) is 21.8 Å². The van der Waals surface area contributed by atoms with Crippen molar-refractivity contribution in [3.63, 3.8) is 0 Å². The van der Waals surface area contributed by atoms with Crippen LogP contribution in [-0.4, -0.2) is 18.5 Å². The Hall–Kier alpha value is -2.30. The lowest BCUT2D eigenvalue weighted by atomic mass is 9.98. The fourth-order valence-corrected chi connectivity index (χ4v) is 2.97. The van der Waals surface area contributed by atoms with Crippen molar-refractivity contribution in [1.29, 1.82) is 0 Å². The smallest absolute Gasteiger partial charge is 0.331 e. The number of aryl methyl sites for hydroxylation is 1. The van der Waals surface area contributed by atoms with E-state index in [0.717, 1.165) is 16.8 Å². The summed E-state index contributed by atoms with van der Waals surface area (Å²) in [5, 5.41) is 3.76. The van der Waals surface area contributed by atoms with Crippen LogP contribution in [0.15, 0.2) is 42.5 Å². The summed E-state index contributed by atoms with van der Waals surface area (Å²) in [6.45, 7) is 5.66. The summed E-state index contributed by atoms with van der Waals surface area (Å²) < 4.78 is 4.99. The zero-order chi connectivity index (χ0) is 20.0. The molecule has 0 saturated carbocycles. The molecule has 2 rings (SSSR count). The molecule has 0 radical (unpaired) electrons. The van der Waals surface area contributed by atoms with Gasteiger partial charge in [0.05, 0.1) is 0 Å². The molecule has 0 aliphatic heterocycles. The van der Waals surface area contributed by atoms with E-state index in [-0.39, 0.29) is 12.5 Å². The number of esters is 1. The molecular formula is C21H21Cl2NO3. The van der Waals surface area contributed by atoms with Gasteiger partial charge in [-0.1, -0.05) is 61.3 Å². The summed E-state index contributed by atoms with van der Waals surface area (Å²) in [7, 11) is 0. The van der Waals surface area contributed by atoms with E-state index in [2.05, 4.69) is 19.2 Å². The van der Waals surface area contributed by atoms with Gasteiger partial charge in [0.15, 0.2) is 6.61 Å². The zero-order valence-electron chi connectivity index (χ0n) is 15.4. The lowest BCUT2D eigenvalue weighted by Crippen LogP contribution is -2.21. The molecule has 1 N–H and O–H groups in total. The summed E-state index contributed by atoms with van der Waals surface area (Å²) in [4.78, 5) is 24.0. The molecule has 4 nitrogen and oxygen atoms in total. The monoisotopic (exact) mass is 405 g/mol. The average molecular weight is 406 g/mol. The van der Waals surface area contributed by atoms with Gasteiger partial charge in [-0.25, -0.2) is 4.79 Å². The first-order valence-corrected chi connectivity index (χ1v) is 9.22. The third-order valence-corrected chi connectivity index (χ3v) is 4.46. The fourth-order valence-electron chi connectivity index (χ4n) is 2.50. The molecule has 142 valence electrons. The van der Waals surface area contributed by atoms with Crippen LogP contribution in [0.3, 0.4) is 0 Å². The third kappa shape index (κ3) is 6.12. The second kappa shape index (κ2) is 9.58. The topological polar surface area (TPSA) is 55.4 Å². The number of para-hydroxylation sites is 1. The molecule has 27 heavy (non-hydrogen) atoms. The third-order valence-electron chi connectivity index (χ3n) is 3.90. The van der Waals surface area contributed by atoms with Crippen LogP contribution in [0.1, 0.15) is 36.5 Å². The van der Waals surface area contributed by atoms with E-state index in [1.54, 1.807) is 18.2 Å². The molecule has 2 aromatic rings. The van der Waals surface area contributed by atoms with Crippen LogP contribution in [0.2, 0.25) is 10.0 Å². The highest BCUT2D eigenvalue weighted by Crippen LogP contribution is 2.27. The summed E-state index contributed by atoms with van der Waals surface area (Å²) in [5.74, 6) is -0.766. The van der Waals surface area contributed by atoms with Gasteiger partial charge in [0.2, 0.25) is 0 Å². The molecule has 0 unspecified atom stereocenters.